The molecule has 0 aromatic heterocycles. The van der Waals surface area contributed by atoms with E-state index in [1.165, 1.54) is 62.3 Å². The summed E-state index contributed by atoms with van der Waals surface area (Å²) in [5.74, 6) is 1.02. The second-order valence-electron chi connectivity index (χ2n) is 15.7. The van der Waals surface area contributed by atoms with E-state index in [1.807, 2.05) is 0 Å². The summed E-state index contributed by atoms with van der Waals surface area (Å²) in [6.07, 6.45) is 18.2. The lowest BCUT2D eigenvalue weighted by Crippen LogP contribution is -2.69. The lowest BCUT2D eigenvalue weighted by Gasteiger charge is -2.78. The van der Waals surface area contributed by atoms with E-state index >= 15 is 0 Å². The fraction of sp³-hybridized carbons (Fsp3) is 0.800. The molecule has 1 aromatic rings. The SMILES string of the molecule is CC12CC3CC(C)(C1)CC(C14CC5(C)CC(C)(CC(c6ccc(Br)cc6)(C5)C1)C4)(C3)C2. The van der Waals surface area contributed by atoms with Gasteiger partial charge in [-0.15, -0.1) is 0 Å². The predicted molar refractivity (Wildman–Crippen MR) is 132 cm³/mol. The van der Waals surface area contributed by atoms with E-state index < -0.39 is 0 Å². The molecule has 31 heavy (non-hydrogen) atoms. The Kier molecular flexibility index (Phi) is 3.57. The monoisotopic (exact) mass is 480 g/mol. The van der Waals surface area contributed by atoms with Gasteiger partial charge in [-0.25, -0.2) is 0 Å². The van der Waals surface area contributed by atoms with Gasteiger partial charge in [-0.2, -0.15) is 0 Å². The largest absolute Gasteiger partial charge is 0.0596 e. The average Bonchev–Trinajstić information content (AvgIpc) is 2.55. The minimum atomic E-state index is 0.421. The molecule has 4 unspecified atom stereocenters. The fourth-order valence-corrected chi connectivity index (χ4v) is 13.7. The first-order valence-electron chi connectivity index (χ1n) is 13.2. The van der Waals surface area contributed by atoms with E-state index in [2.05, 4.69) is 67.9 Å². The summed E-state index contributed by atoms with van der Waals surface area (Å²) in [6.45, 7) is 10.8. The third-order valence-electron chi connectivity index (χ3n) is 11.8. The van der Waals surface area contributed by atoms with Crippen LogP contribution in [-0.4, -0.2) is 0 Å². The summed E-state index contributed by atoms with van der Waals surface area (Å²) < 4.78 is 1.23. The van der Waals surface area contributed by atoms with Crippen LogP contribution in [0.2, 0.25) is 0 Å². The van der Waals surface area contributed by atoms with E-state index in [-0.39, 0.29) is 0 Å². The summed E-state index contributed by atoms with van der Waals surface area (Å²) in [5, 5.41) is 0. The first kappa shape index (κ1) is 20.1. The van der Waals surface area contributed by atoms with Crippen LogP contribution in [0.25, 0.3) is 0 Å². The molecule has 0 saturated heterocycles. The summed E-state index contributed by atoms with van der Waals surface area (Å²) >= 11 is 3.71. The maximum Gasteiger partial charge on any atom is 0.0175 e. The van der Waals surface area contributed by atoms with Gasteiger partial charge in [-0.05, 0) is 139 Å². The summed E-state index contributed by atoms with van der Waals surface area (Å²) in [5.41, 5.74) is 5.64. The molecule has 1 aromatic carbocycles. The molecule has 168 valence electrons. The van der Waals surface area contributed by atoms with Gasteiger partial charge in [-0.3, -0.25) is 0 Å². The molecule has 0 radical (unpaired) electrons. The van der Waals surface area contributed by atoms with Gasteiger partial charge in [0.2, 0.25) is 0 Å². The normalized spacial score (nSPS) is 58.8. The smallest absolute Gasteiger partial charge is 0.0175 e. The molecule has 8 saturated carbocycles. The van der Waals surface area contributed by atoms with Gasteiger partial charge in [0.05, 0.1) is 0 Å². The van der Waals surface area contributed by atoms with Gasteiger partial charge in [-0.1, -0.05) is 55.8 Å². The van der Waals surface area contributed by atoms with Crippen LogP contribution >= 0.6 is 15.9 Å². The molecule has 8 bridgehead atoms. The van der Waals surface area contributed by atoms with Crippen molar-refractivity contribution in [3.63, 3.8) is 0 Å². The molecule has 1 heteroatoms. The van der Waals surface area contributed by atoms with Gasteiger partial charge in [0.1, 0.15) is 0 Å². The first-order chi connectivity index (χ1) is 14.4. The van der Waals surface area contributed by atoms with Gasteiger partial charge in [0.25, 0.3) is 0 Å². The molecule has 8 aliphatic carbocycles. The van der Waals surface area contributed by atoms with E-state index in [1.54, 1.807) is 24.8 Å². The second kappa shape index (κ2) is 5.50. The van der Waals surface area contributed by atoms with Crippen LogP contribution < -0.4 is 0 Å². The lowest BCUT2D eigenvalue weighted by atomic mass is 9.26. The fourth-order valence-electron chi connectivity index (χ4n) is 13.4. The van der Waals surface area contributed by atoms with Crippen molar-refractivity contribution in [1.82, 2.24) is 0 Å². The zero-order valence-corrected chi connectivity index (χ0v) is 21.8. The number of hydrogen-bond donors (Lipinski definition) is 0. The molecule has 0 amide bonds. The van der Waals surface area contributed by atoms with E-state index in [0.29, 0.717) is 37.9 Å². The molecule has 0 heterocycles. The van der Waals surface area contributed by atoms with Crippen LogP contribution in [-0.2, 0) is 5.41 Å². The maximum atomic E-state index is 3.71. The summed E-state index contributed by atoms with van der Waals surface area (Å²) in [7, 11) is 0. The molecule has 8 fully saturated rings. The highest BCUT2D eigenvalue weighted by molar-refractivity contribution is 9.10. The highest BCUT2D eigenvalue weighted by atomic mass is 79.9. The molecule has 8 aliphatic rings. The third kappa shape index (κ3) is 2.60. The minimum Gasteiger partial charge on any atom is -0.0596 e. The Balaban J connectivity index is 1.40. The Bertz CT molecular complexity index is 919. The van der Waals surface area contributed by atoms with Crippen molar-refractivity contribution in [2.45, 2.75) is 110 Å². The van der Waals surface area contributed by atoms with Crippen LogP contribution in [0.5, 0.6) is 0 Å². The molecule has 0 N–H and O–H groups in total. The zero-order chi connectivity index (χ0) is 21.5. The standard InChI is InChI=1S/C30H41Br/c1-24-9-21-10-25(2,12-24)17-29(11-21,16-24)30-18-26(3)13-27(4,19-30)15-28(14-26,20-30)22-5-7-23(31)8-6-22/h5-8,21H,9-20H2,1-4H3. The van der Waals surface area contributed by atoms with Gasteiger partial charge < -0.3 is 0 Å². The van der Waals surface area contributed by atoms with Crippen molar-refractivity contribution >= 4 is 15.9 Å². The van der Waals surface area contributed by atoms with Crippen LogP contribution in [0.1, 0.15) is 110 Å². The maximum absolute atomic E-state index is 3.71. The van der Waals surface area contributed by atoms with Crippen molar-refractivity contribution in [3.05, 3.63) is 34.3 Å². The van der Waals surface area contributed by atoms with Crippen molar-refractivity contribution < 1.29 is 0 Å². The highest BCUT2D eigenvalue weighted by Gasteiger charge is 2.74. The van der Waals surface area contributed by atoms with Crippen LogP contribution in [0.15, 0.2) is 28.7 Å². The zero-order valence-electron chi connectivity index (χ0n) is 20.2. The Morgan fingerprint density at radius 1 is 0.581 bits per heavy atom. The Morgan fingerprint density at radius 2 is 1.10 bits per heavy atom. The lowest BCUT2D eigenvalue weighted by molar-refractivity contribution is -0.270. The predicted octanol–water partition coefficient (Wildman–Crippen LogP) is 9.06. The Hall–Kier alpha value is -0.300. The van der Waals surface area contributed by atoms with E-state index in [9.17, 15) is 0 Å². The Morgan fingerprint density at radius 3 is 1.65 bits per heavy atom. The van der Waals surface area contributed by atoms with Crippen molar-refractivity contribution in [2.24, 2.45) is 38.4 Å². The van der Waals surface area contributed by atoms with Crippen LogP contribution in [0, 0.1) is 38.4 Å². The summed E-state index contributed by atoms with van der Waals surface area (Å²) in [6, 6.07) is 9.61. The minimum absolute atomic E-state index is 0.421. The topological polar surface area (TPSA) is 0 Å². The molecule has 9 rings (SSSR count). The molecule has 0 spiro atoms. The van der Waals surface area contributed by atoms with Crippen molar-refractivity contribution in [1.29, 1.82) is 0 Å². The van der Waals surface area contributed by atoms with Gasteiger partial charge in [0.15, 0.2) is 0 Å². The molecule has 0 nitrogen and oxygen atoms in total. The van der Waals surface area contributed by atoms with Gasteiger partial charge >= 0.3 is 0 Å². The summed E-state index contributed by atoms with van der Waals surface area (Å²) in [4.78, 5) is 0. The molecule has 4 atom stereocenters. The highest BCUT2D eigenvalue weighted by Crippen LogP contribution is 2.83. The molecular weight excluding hydrogens is 440 g/mol. The number of benzene rings is 1. The second-order valence-corrected chi connectivity index (χ2v) is 16.6. The molecular formula is C30H41Br. The first-order valence-corrected chi connectivity index (χ1v) is 14.0. The Labute approximate surface area is 198 Å². The van der Waals surface area contributed by atoms with Gasteiger partial charge in [0, 0.05) is 4.47 Å². The van der Waals surface area contributed by atoms with Crippen LogP contribution in [0.4, 0.5) is 0 Å². The average molecular weight is 482 g/mol. The third-order valence-corrected chi connectivity index (χ3v) is 12.3. The van der Waals surface area contributed by atoms with Crippen molar-refractivity contribution in [2.75, 3.05) is 0 Å². The van der Waals surface area contributed by atoms with Crippen molar-refractivity contribution in [3.8, 4) is 0 Å². The van der Waals surface area contributed by atoms with E-state index in [4.69, 9.17) is 0 Å². The van der Waals surface area contributed by atoms with E-state index in [0.717, 1.165) is 5.92 Å². The quantitative estimate of drug-likeness (QED) is 0.395. The molecule has 0 aliphatic heterocycles. The number of hydrogen-bond acceptors (Lipinski definition) is 0. The number of rotatable bonds is 2. The number of halogens is 1. The van der Waals surface area contributed by atoms with Crippen LogP contribution in [0.3, 0.4) is 0 Å².